The summed E-state index contributed by atoms with van der Waals surface area (Å²) in [5.74, 6) is 0.461. The van der Waals surface area contributed by atoms with Crippen molar-refractivity contribution in [2.75, 3.05) is 19.0 Å². The fourth-order valence-corrected chi connectivity index (χ4v) is 5.07. The normalized spacial score (nSPS) is 11.9. The molecule has 0 radical (unpaired) electrons. The molecule has 0 heterocycles. The molecule has 0 saturated carbocycles. The van der Waals surface area contributed by atoms with E-state index in [-0.39, 0.29) is 0 Å². The molecule has 1 nitrogen and oxygen atoms in total. The van der Waals surface area contributed by atoms with Crippen molar-refractivity contribution in [2.45, 2.75) is 11.2 Å². The van der Waals surface area contributed by atoms with Crippen molar-refractivity contribution in [1.82, 2.24) is 0 Å². The summed E-state index contributed by atoms with van der Waals surface area (Å²) < 4.78 is 1.47. The number of benzene rings is 3. The molecule has 24 heavy (non-hydrogen) atoms. The van der Waals surface area contributed by atoms with Gasteiger partial charge in [-0.1, -0.05) is 0 Å². The molecule has 0 aliphatic rings. The molecule has 0 N–H and O–H groups in total. The molecule has 0 aliphatic carbocycles. The van der Waals surface area contributed by atoms with E-state index < -0.39 is 0 Å². The van der Waals surface area contributed by atoms with Gasteiger partial charge < -0.3 is 0 Å². The van der Waals surface area contributed by atoms with E-state index in [9.17, 15) is 0 Å². The summed E-state index contributed by atoms with van der Waals surface area (Å²) in [6.45, 7) is 0. The maximum atomic E-state index is 2.29. The van der Waals surface area contributed by atoms with Crippen LogP contribution in [0.1, 0.15) is 17.0 Å². The van der Waals surface area contributed by atoms with Gasteiger partial charge >= 0.3 is 151 Å². The quantitative estimate of drug-likeness (QED) is 0.576. The van der Waals surface area contributed by atoms with Gasteiger partial charge in [-0.15, -0.1) is 0 Å². The van der Waals surface area contributed by atoms with Gasteiger partial charge in [0.25, 0.3) is 0 Å². The van der Waals surface area contributed by atoms with Crippen LogP contribution in [-0.2, 0) is 0 Å². The predicted octanol–water partition coefficient (Wildman–Crippen LogP) is 4.33. The third-order valence-electron chi connectivity index (χ3n) is 4.17. The third kappa shape index (κ3) is 4.29. The molecule has 0 aliphatic heterocycles. The van der Waals surface area contributed by atoms with E-state index in [4.69, 9.17) is 0 Å². The first kappa shape index (κ1) is 16.8. The molecular weight excluding hydrogens is 357 g/mol. The molecule has 0 bridgehead atoms. The van der Waals surface area contributed by atoms with E-state index in [0.29, 0.717) is 20.9 Å². The van der Waals surface area contributed by atoms with Crippen LogP contribution in [-0.4, -0.2) is 29.1 Å². The Labute approximate surface area is 151 Å². The fourth-order valence-electron chi connectivity index (χ4n) is 2.77. The zero-order chi connectivity index (χ0) is 16.8. The van der Waals surface area contributed by atoms with Gasteiger partial charge in [0, 0.05) is 0 Å². The number of hydrogen-bond acceptors (Lipinski definition) is 1. The summed E-state index contributed by atoms with van der Waals surface area (Å²) in [5.41, 5.74) is 4.07. The van der Waals surface area contributed by atoms with Crippen LogP contribution in [0.3, 0.4) is 0 Å². The minimum atomic E-state index is 0.461. The van der Waals surface area contributed by atoms with E-state index >= 15 is 0 Å². The van der Waals surface area contributed by atoms with Crippen LogP contribution in [0.4, 0.5) is 5.69 Å². The van der Waals surface area contributed by atoms with Gasteiger partial charge in [0.15, 0.2) is 0 Å². The topological polar surface area (TPSA) is 3.24 Å². The van der Waals surface area contributed by atoms with Gasteiger partial charge in [-0.3, -0.25) is 0 Å². The van der Waals surface area contributed by atoms with Crippen LogP contribution in [0.25, 0.3) is 0 Å². The first-order valence-electron chi connectivity index (χ1n) is 8.24. The monoisotopic (exact) mass is 381 g/mol. The van der Waals surface area contributed by atoms with E-state index in [1.165, 1.54) is 26.6 Å². The number of nitrogens with zero attached hydrogens (tertiary/aromatic N) is 1. The molecule has 122 valence electrons. The van der Waals surface area contributed by atoms with Crippen molar-refractivity contribution >= 4 is 25.1 Å². The van der Waals surface area contributed by atoms with Gasteiger partial charge in [-0.25, -0.2) is 0 Å². The molecule has 0 fully saturated rings. The van der Waals surface area contributed by atoms with E-state index in [2.05, 4.69) is 104 Å². The fraction of sp³-hybridized carbons (Fsp3) is 0.182. The van der Waals surface area contributed by atoms with Gasteiger partial charge in [-0.05, 0) is 0 Å². The van der Waals surface area contributed by atoms with Crippen molar-refractivity contribution in [3.63, 3.8) is 0 Å². The Balaban J connectivity index is 1.84. The molecule has 1 atom stereocenters. The van der Waals surface area contributed by atoms with Crippen LogP contribution in [0.5, 0.6) is 0 Å². The first-order chi connectivity index (χ1) is 11.7. The molecule has 3 rings (SSSR count). The van der Waals surface area contributed by atoms with E-state index in [0.717, 1.165) is 0 Å². The van der Waals surface area contributed by atoms with Crippen LogP contribution in [0.15, 0.2) is 84.9 Å². The molecule has 0 saturated heterocycles. The average Bonchev–Trinajstić information content (AvgIpc) is 2.64. The Kier molecular flexibility index (Phi) is 5.74. The van der Waals surface area contributed by atoms with Crippen LogP contribution in [0.2, 0.25) is 5.32 Å². The maximum absolute atomic E-state index is 2.29. The SMILES string of the molecule is CN(C)c1ccc([C@@H](C[Se]c2ccccc2)c2ccccc2)cc1. The standard InChI is InChI=1S/C22H23NSe/c1-23(2)20-15-13-19(14-16-20)22(18-9-5-3-6-10-18)17-24-21-11-7-4-8-12-21/h3-16,22H,17H2,1-2H3/t22-/m0/s1. The summed E-state index contributed by atoms with van der Waals surface area (Å²) in [7, 11) is 4.17. The van der Waals surface area contributed by atoms with E-state index in [1.54, 1.807) is 0 Å². The molecule has 0 spiro atoms. The minimum absolute atomic E-state index is 0.461. The molecule has 2 heteroatoms. The molecule has 0 unspecified atom stereocenters. The summed E-state index contributed by atoms with van der Waals surface area (Å²) >= 11 is 0.474. The predicted molar refractivity (Wildman–Crippen MR) is 106 cm³/mol. The summed E-state index contributed by atoms with van der Waals surface area (Å²) in [6.07, 6.45) is 0. The van der Waals surface area contributed by atoms with Gasteiger partial charge in [0.1, 0.15) is 0 Å². The second kappa shape index (κ2) is 8.19. The van der Waals surface area contributed by atoms with Crippen LogP contribution in [0, 0.1) is 0 Å². The average molecular weight is 380 g/mol. The number of anilines is 1. The number of hydrogen-bond donors (Lipinski definition) is 0. The molecule has 3 aromatic rings. The molecule has 0 aromatic heterocycles. The Bertz CT molecular complexity index is 736. The Morgan fingerprint density at radius 1 is 0.708 bits per heavy atom. The summed E-state index contributed by atoms with van der Waals surface area (Å²) in [5, 5.41) is 1.18. The molecular formula is C22H23NSe. The zero-order valence-electron chi connectivity index (χ0n) is 14.2. The van der Waals surface area contributed by atoms with Crippen molar-refractivity contribution in [2.24, 2.45) is 0 Å². The van der Waals surface area contributed by atoms with Gasteiger partial charge in [-0.2, -0.15) is 0 Å². The second-order valence-electron chi connectivity index (χ2n) is 6.07. The Morgan fingerprint density at radius 3 is 1.83 bits per heavy atom. The van der Waals surface area contributed by atoms with Crippen molar-refractivity contribution < 1.29 is 0 Å². The first-order valence-corrected chi connectivity index (χ1v) is 10.3. The Hall–Kier alpha value is -2.02. The second-order valence-corrected chi connectivity index (χ2v) is 8.37. The van der Waals surface area contributed by atoms with Gasteiger partial charge in [0.05, 0.1) is 0 Å². The van der Waals surface area contributed by atoms with Crippen molar-refractivity contribution in [3.8, 4) is 0 Å². The van der Waals surface area contributed by atoms with Crippen molar-refractivity contribution in [3.05, 3.63) is 96.1 Å². The summed E-state index contributed by atoms with van der Waals surface area (Å²) in [4.78, 5) is 2.15. The Morgan fingerprint density at radius 2 is 1.25 bits per heavy atom. The van der Waals surface area contributed by atoms with Crippen LogP contribution >= 0.6 is 0 Å². The molecule has 0 amide bonds. The summed E-state index contributed by atoms with van der Waals surface area (Å²) in [6, 6.07) is 30.8. The molecule has 3 aromatic carbocycles. The van der Waals surface area contributed by atoms with Crippen molar-refractivity contribution in [1.29, 1.82) is 0 Å². The number of rotatable bonds is 6. The third-order valence-corrected chi connectivity index (χ3v) is 6.49. The zero-order valence-corrected chi connectivity index (χ0v) is 15.9. The van der Waals surface area contributed by atoms with Crippen LogP contribution < -0.4 is 9.36 Å². The van der Waals surface area contributed by atoms with E-state index in [1.807, 2.05) is 0 Å². The van der Waals surface area contributed by atoms with Gasteiger partial charge in [0.2, 0.25) is 0 Å².